The lowest BCUT2D eigenvalue weighted by molar-refractivity contribution is -0.205. The van der Waals surface area contributed by atoms with Crippen molar-refractivity contribution in [3.05, 3.63) is 144 Å². The molecule has 4 aromatic rings. The van der Waals surface area contributed by atoms with E-state index in [9.17, 15) is 18.8 Å². The molecule has 2 aliphatic heterocycles. The van der Waals surface area contributed by atoms with Crippen LogP contribution in [0.3, 0.4) is 0 Å². The second-order valence-electron chi connectivity index (χ2n) is 12.1. The lowest BCUT2D eigenvalue weighted by atomic mass is 9.97. The van der Waals surface area contributed by atoms with Crippen LogP contribution < -0.4 is 4.74 Å². The van der Waals surface area contributed by atoms with Crippen LogP contribution in [0, 0.1) is 11.8 Å². The summed E-state index contributed by atoms with van der Waals surface area (Å²) >= 11 is 0. The van der Waals surface area contributed by atoms with Crippen LogP contribution in [0.25, 0.3) is 0 Å². The van der Waals surface area contributed by atoms with Gasteiger partial charge in [0.2, 0.25) is 23.7 Å². The Labute approximate surface area is 284 Å². The number of halogens is 2. The molecule has 0 spiro atoms. The number of nitrogens with zero attached hydrogens (tertiary/aromatic N) is 5. The molecule has 0 bridgehead atoms. The molecule has 0 saturated carbocycles. The van der Waals surface area contributed by atoms with Crippen LogP contribution in [-0.4, -0.2) is 74.4 Å². The molecule has 3 heterocycles. The normalized spacial score (nSPS) is 18.0. The Bertz CT molecular complexity index is 1810. The highest BCUT2D eigenvalue weighted by Crippen LogP contribution is 2.31. The van der Waals surface area contributed by atoms with Crippen LogP contribution in [0.4, 0.5) is 8.78 Å². The molecule has 2 atom stereocenters. The van der Waals surface area contributed by atoms with Gasteiger partial charge in [0.1, 0.15) is 30.4 Å². The third-order valence-corrected chi connectivity index (χ3v) is 8.71. The Morgan fingerprint density at radius 3 is 2.37 bits per heavy atom. The Kier molecular flexibility index (Phi) is 10.4. The van der Waals surface area contributed by atoms with E-state index in [1.54, 1.807) is 29.3 Å². The van der Waals surface area contributed by atoms with Gasteiger partial charge >= 0.3 is 0 Å². The van der Waals surface area contributed by atoms with E-state index < -0.39 is 29.9 Å². The number of rotatable bonds is 12. The largest absolute Gasteiger partial charge is 0.489 e. The van der Waals surface area contributed by atoms with E-state index in [4.69, 9.17) is 4.74 Å². The number of ether oxygens (including phenoxy) is 1. The number of pyridine rings is 1. The van der Waals surface area contributed by atoms with Crippen molar-refractivity contribution in [2.75, 3.05) is 19.6 Å². The first kappa shape index (κ1) is 33.5. The van der Waals surface area contributed by atoms with Crippen molar-refractivity contribution in [3.8, 4) is 5.75 Å². The Morgan fingerprint density at radius 1 is 0.939 bits per heavy atom. The summed E-state index contributed by atoms with van der Waals surface area (Å²) < 4.78 is 35.5. The molecule has 1 aromatic heterocycles. The number of hydrazine groups is 1. The molecule has 3 aromatic carbocycles. The first-order chi connectivity index (χ1) is 23.8. The highest BCUT2D eigenvalue weighted by molar-refractivity contribution is 5.92. The van der Waals surface area contributed by atoms with Crippen LogP contribution in [0.15, 0.2) is 110 Å². The van der Waals surface area contributed by atoms with E-state index in [-0.39, 0.29) is 63.0 Å². The Balaban J connectivity index is 1.30. The third-order valence-electron chi connectivity index (χ3n) is 8.71. The van der Waals surface area contributed by atoms with Gasteiger partial charge in [-0.3, -0.25) is 14.4 Å². The van der Waals surface area contributed by atoms with Crippen molar-refractivity contribution in [1.29, 1.82) is 0 Å². The maximum absolute atomic E-state index is 15.7. The molecule has 3 amide bonds. The quantitative estimate of drug-likeness (QED) is 0.158. The number of aryl methyl sites for hydroxylation is 1. The maximum atomic E-state index is 15.7. The molecule has 2 fully saturated rings. The Hall–Kier alpha value is -5.42. The average Bonchev–Trinajstić information content (AvgIpc) is 3.10. The van der Waals surface area contributed by atoms with E-state index in [0.29, 0.717) is 17.9 Å². The van der Waals surface area contributed by atoms with Gasteiger partial charge in [-0.15, -0.1) is 6.58 Å². The summed E-state index contributed by atoms with van der Waals surface area (Å²) in [6, 6.07) is 26.7. The second kappa shape index (κ2) is 15.2. The van der Waals surface area contributed by atoms with Gasteiger partial charge in [0, 0.05) is 25.5 Å². The molecule has 11 heteroatoms. The summed E-state index contributed by atoms with van der Waals surface area (Å²) in [6.07, 6.45) is 1.20. The van der Waals surface area contributed by atoms with Gasteiger partial charge in [-0.05, 0) is 41.3 Å². The smallest absolute Gasteiger partial charge is 0.246 e. The van der Waals surface area contributed by atoms with Gasteiger partial charge in [-0.1, -0.05) is 78.9 Å². The molecule has 0 aliphatic carbocycles. The number of benzene rings is 3. The van der Waals surface area contributed by atoms with Crippen molar-refractivity contribution >= 4 is 17.7 Å². The van der Waals surface area contributed by atoms with E-state index in [0.717, 1.165) is 11.1 Å². The number of carbonyl (C=O) groups is 3. The van der Waals surface area contributed by atoms with Gasteiger partial charge in [0.25, 0.3) is 0 Å². The van der Waals surface area contributed by atoms with E-state index in [1.807, 2.05) is 60.7 Å². The minimum Gasteiger partial charge on any atom is -0.489 e. The maximum Gasteiger partial charge on any atom is 0.246 e. The second-order valence-corrected chi connectivity index (χ2v) is 12.1. The molecule has 2 saturated heterocycles. The van der Waals surface area contributed by atoms with Crippen molar-refractivity contribution in [3.63, 3.8) is 0 Å². The van der Waals surface area contributed by atoms with Gasteiger partial charge < -0.3 is 14.5 Å². The van der Waals surface area contributed by atoms with Crippen LogP contribution in [-0.2, 0) is 40.4 Å². The fourth-order valence-corrected chi connectivity index (χ4v) is 6.38. The number of carbonyl (C=O) groups excluding carboxylic acids is 3. The molecular weight excluding hydrogens is 628 g/mol. The van der Waals surface area contributed by atoms with Gasteiger partial charge in [-0.2, -0.15) is 4.39 Å². The highest BCUT2D eigenvalue weighted by Gasteiger charge is 2.51. The summed E-state index contributed by atoms with van der Waals surface area (Å²) in [7, 11) is 0. The summed E-state index contributed by atoms with van der Waals surface area (Å²) in [5, 5.41) is 3.17. The average molecular weight is 666 g/mol. The van der Waals surface area contributed by atoms with Crippen LogP contribution in [0.2, 0.25) is 0 Å². The molecule has 1 unspecified atom stereocenters. The topological polar surface area (TPSA) is 86.3 Å². The van der Waals surface area contributed by atoms with Gasteiger partial charge in [0.15, 0.2) is 0 Å². The molecule has 2 aliphatic rings. The molecule has 49 heavy (non-hydrogen) atoms. The molecule has 6 rings (SSSR count). The van der Waals surface area contributed by atoms with Gasteiger partial charge in [-0.25, -0.2) is 19.4 Å². The number of hydrogen-bond acceptors (Lipinski definition) is 6. The number of aromatic nitrogens is 1. The number of amides is 3. The molecule has 252 valence electrons. The SMILES string of the molecule is C=CCN1CC(=O)N2C(CN(Cc3cccc(F)n3)C(=O)[C@@H]2Cc2ccc(OCc3ccccc3)cc2F)N1C(=O)CCc1ccccc1. The van der Waals surface area contributed by atoms with Crippen molar-refractivity contribution in [2.45, 2.75) is 44.6 Å². The van der Waals surface area contributed by atoms with Crippen molar-refractivity contribution < 1.29 is 27.9 Å². The summed E-state index contributed by atoms with van der Waals surface area (Å²) in [6.45, 7) is 4.02. The summed E-state index contributed by atoms with van der Waals surface area (Å²) in [5.41, 5.74) is 2.42. The third kappa shape index (κ3) is 7.84. The predicted octanol–water partition coefficient (Wildman–Crippen LogP) is 4.93. The lowest BCUT2D eigenvalue weighted by Gasteiger charge is -2.55. The zero-order valence-corrected chi connectivity index (χ0v) is 27.0. The van der Waals surface area contributed by atoms with E-state index >= 15 is 4.39 Å². The summed E-state index contributed by atoms with van der Waals surface area (Å²) in [5.74, 6) is -2.03. The monoisotopic (exact) mass is 665 g/mol. The van der Waals surface area contributed by atoms with Gasteiger partial charge in [0.05, 0.1) is 25.3 Å². The molecule has 0 radical (unpaired) electrons. The van der Waals surface area contributed by atoms with E-state index in [1.165, 1.54) is 33.0 Å². The lowest BCUT2D eigenvalue weighted by Crippen LogP contribution is -2.75. The minimum atomic E-state index is -1.14. The van der Waals surface area contributed by atoms with Crippen LogP contribution >= 0.6 is 0 Å². The Morgan fingerprint density at radius 2 is 1.67 bits per heavy atom. The number of piperazine rings is 1. The predicted molar refractivity (Wildman–Crippen MR) is 178 cm³/mol. The van der Waals surface area contributed by atoms with Crippen LogP contribution in [0.1, 0.15) is 28.8 Å². The van der Waals surface area contributed by atoms with Crippen LogP contribution in [0.5, 0.6) is 5.75 Å². The first-order valence-electron chi connectivity index (χ1n) is 16.2. The van der Waals surface area contributed by atoms with Crippen molar-refractivity contribution in [1.82, 2.24) is 24.8 Å². The molecule has 9 nitrogen and oxygen atoms in total. The minimum absolute atomic E-state index is 0.0429. The molecular formula is C38H37F2N5O4. The first-order valence-corrected chi connectivity index (χ1v) is 16.2. The molecule has 0 N–H and O–H groups in total. The fourth-order valence-electron chi connectivity index (χ4n) is 6.38. The number of fused-ring (bicyclic) bond motifs is 1. The summed E-state index contributed by atoms with van der Waals surface area (Å²) in [4.78, 5) is 48.8. The van der Waals surface area contributed by atoms with Crippen molar-refractivity contribution in [2.24, 2.45) is 0 Å². The standard InChI is InChI=1S/C38H37F2N5O4/c1-2-20-43-25-37(47)44-33(21-29-17-18-31(22-32(29)39)49-26-28-12-7-4-8-13-28)38(48)42(23-30-14-9-15-34(40)41-30)24-35(44)45(43)36(46)19-16-27-10-5-3-6-11-27/h2-15,17-18,22,33,35H,1,16,19-21,23-26H2/t33-,35?/m0/s1. The fraction of sp³-hybridized carbons (Fsp3) is 0.263. The number of hydrogen-bond donors (Lipinski definition) is 0. The zero-order valence-electron chi connectivity index (χ0n) is 27.0. The zero-order chi connectivity index (χ0) is 34.3. The highest BCUT2D eigenvalue weighted by atomic mass is 19.1. The van der Waals surface area contributed by atoms with E-state index in [2.05, 4.69) is 11.6 Å².